The highest BCUT2D eigenvalue weighted by molar-refractivity contribution is 7.90. The van der Waals surface area contributed by atoms with Gasteiger partial charge >= 0.3 is 0 Å². The van der Waals surface area contributed by atoms with Crippen molar-refractivity contribution in [3.8, 4) is 5.88 Å². The van der Waals surface area contributed by atoms with E-state index in [4.69, 9.17) is 19.2 Å². The molecule has 73 heavy (non-hydrogen) atoms. The average molecular weight is 1020 g/mol. The van der Waals surface area contributed by atoms with Gasteiger partial charge in [-0.25, -0.2) is 13.1 Å². The number of piperidine rings is 1. The zero-order valence-corrected chi connectivity index (χ0v) is 42.9. The average Bonchev–Trinajstić information content (AvgIpc) is 3.77. The number of hydrogen-bond donors (Lipinski definition) is 4. The molecule has 4 aliphatic heterocycles. The lowest BCUT2D eigenvalue weighted by Gasteiger charge is -2.57. The number of nitro groups is 1. The maximum absolute atomic E-state index is 14.7. The largest absolute Gasteiger partial charge is 0.470 e. The van der Waals surface area contributed by atoms with Crippen LogP contribution in [0.5, 0.6) is 5.88 Å². The molecule has 3 saturated heterocycles. The summed E-state index contributed by atoms with van der Waals surface area (Å²) < 4.78 is 49.3. The van der Waals surface area contributed by atoms with E-state index in [1.54, 1.807) is 6.07 Å². The van der Waals surface area contributed by atoms with E-state index in [1.165, 1.54) is 23.3 Å². The number of pyridine rings is 1. The monoisotopic (exact) mass is 1020 g/mol. The van der Waals surface area contributed by atoms with Gasteiger partial charge in [0.15, 0.2) is 0 Å². The lowest BCUT2D eigenvalue weighted by molar-refractivity contribution is -0.384. The van der Waals surface area contributed by atoms with Crippen molar-refractivity contribution >= 4 is 55.4 Å². The van der Waals surface area contributed by atoms with E-state index >= 15 is 0 Å². The van der Waals surface area contributed by atoms with Gasteiger partial charge in [0.05, 0.1) is 52.5 Å². The van der Waals surface area contributed by atoms with Crippen molar-refractivity contribution in [3.63, 3.8) is 0 Å². The van der Waals surface area contributed by atoms with E-state index < -0.39 is 37.0 Å². The van der Waals surface area contributed by atoms with Gasteiger partial charge in [-0.2, -0.15) is 4.98 Å². The van der Waals surface area contributed by atoms with Crippen molar-refractivity contribution in [2.75, 3.05) is 74.3 Å². The Labute approximate surface area is 427 Å². The molecule has 17 nitrogen and oxygen atoms in total. The van der Waals surface area contributed by atoms with E-state index in [9.17, 15) is 28.4 Å². The smallest absolute Gasteiger partial charge is 0.293 e. The number of amides is 1. The number of aromatic amines is 1. The number of nitro benzene ring substituents is 1. The van der Waals surface area contributed by atoms with Crippen LogP contribution in [0.1, 0.15) is 112 Å². The van der Waals surface area contributed by atoms with Crippen molar-refractivity contribution in [3.05, 3.63) is 106 Å². The van der Waals surface area contributed by atoms with Crippen molar-refractivity contribution in [2.45, 2.75) is 113 Å². The molecule has 4 N–H and O–H groups in total. The number of anilines is 4. The minimum Gasteiger partial charge on any atom is -0.470 e. The zero-order valence-electron chi connectivity index (χ0n) is 42.1. The van der Waals surface area contributed by atoms with Gasteiger partial charge in [0, 0.05) is 74.6 Å². The summed E-state index contributed by atoms with van der Waals surface area (Å²) in [6.07, 6.45) is 9.36. The van der Waals surface area contributed by atoms with E-state index in [2.05, 4.69) is 62.9 Å². The maximum Gasteiger partial charge on any atom is 0.293 e. The molecule has 5 fully saturated rings. The number of ether oxygens (including phenoxy) is 3. The third-order valence-corrected chi connectivity index (χ3v) is 18.3. The number of hydrogen-bond acceptors (Lipinski definition) is 14. The molecule has 1 spiro atoms. The van der Waals surface area contributed by atoms with Gasteiger partial charge in [0.1, 0.15) is 23.1 Å². The quantitative estimate of drug-likeness (QED) is 0.0681. The molecule has 6 aliphatic rings. The number of H-pyrrole nitrogens is 1. The molecule has 11 rings (SSSR count). The number of nitrogens with zero attached hydrogens (tertiary/aromatic N) is 5. The Morgan fingerprint density at radius 3 is 2.51 bits per heavy atom. The van der Waals surface area contributed by atoms with E-state index in [0.29, 0.717) is 87.0 Å². The van der Waals surface area contributed by atoms with E-state index in [1.807, 2.05) is 42.3 Å². The first-order chi connectivity index (χ1) is 35.1. The van der Waals surface area contributed by atoms with Crippen LogP contribution in [0.3, 0.4) is 0 Å². The normalized spacial score (nSPS) is 25.6. The molecule has 6 heterocycles. The van der Waals surface area contributed by atoms with Gasteiger partial charge < -0.3 is 39.4 Å². The number of aliphatic hydroxyl groups is 1. The summed E-state index contributed by atoms with van der Waals surface area (Å²) in [5.74, 6) is 0.127. The highest BCUT2D eigenvalue weighted by Gasteiger charge is 2.50. The molecule has 3 aromatic carbocycles. The summed E-state index contributed by atoms with van der Waals surface area (Å²) in [6, 6.07) is 22.7. The van der Waals surface area contributed by atoms with Gasteiger partial charge in [-0.15, -0.1) is 0 Å². The van der Waals surface area contributed by atoms with Crippen molar-refractivity contribution in [1.29, 1.82) is 0 Å². The fourth-order valence-corrected chi connectivity index (χ4v) is 13.6. The summed E-state index contributed by atoms with van der Waals surface area (Å²) >= 11 is 0. The molecule has 3 atom stereocenters. The Kier molecular flexibility index (Phi) is 13.4. The molecule has 1 amide bonds. The van der Waals surface area contributed by atoms with Gasteiger partial charge in [0.2, 0.25) is 5.88 Å². The van der Waals surface area contributed by atoms with E-state index in [-0.39, 0.29) is 40.6 Å². The van der Waals surface area contributed by atoms with E-state index in [0.717, 1.165) is 81.9 Å². The molecule has 0 radical (unpaired) electrons. The zero-order chi connectivity index (χ0) is 50.6. The number of fused-ring (bicyclic) bond motifs is 3. The second-order valence-electron chi connectivity index (χ2n) is 22.2. The van der Waals surface area contributed by atoms with Crippen molar-refractivity contribution < 1.29 is 37.5 Å². The fraction of sp³-hybridized carbons (Fsp3) is 0.527. The molecule has 0 unspecified atom stereocenters. The van der Waals surface area contributed by atoms with Gasteiger partial charge in [-0.1, -0.05) is 38.1 Å². The molecule has 2 aliphatic carbocycles. The van der Waals surface area contributed by atoms with Crippen molar-refractivity contribution in [1.82, 2.24) is 19.6 Å². The summed E-state index contributed by atoms with van der Waals surface area (Å²) in [5, 5.41) is 26.8. The summed E-state index contributed by atoms with van der Waals surface area (Å²) in [7, 11) is -4.62. The highest BCUT2D eigenvalue weighted by atomic mass is 32.2. The molecule has 2 saturated carbocycles. The van der Waals surface area contributed by atoms with Crippen LogP contribution in [0.25, 0.3) is 11.0 Å². The summed E-state index contributed by atoms with van der Waals surface area (Å²) in [5.41, 5.74) is 4.88. The third kappa shape index (κ3) is 10.0. The second kappa shape index (κ2) is 19.8. The number of carbonyl (C=O) groups is 1. The predicted octanol–water partition coefficient (Wildman–Crippen LogP) is 8.82. The van der Waals surface area contributed by atoms with Crippen LogP contribution in [-0.2, 0) is 19.5 Å². The first kappa shape index (κ1) is 49.4. The summed E-state index contributed by atoms with van der Waals surface area (Å²) in [6.45, 7) is 12.2. The third-order valence-electron chi connectivity index (χ3n) is 17.0. The summed E-state index contributed by atoms with van der Waals surface area (Å²) in [4.78, 5) is 41.3. The molecular weight excluding hydrogens is 949 g/mol. The number of sulfonamides is 1. The standard InChI is InChI=1S/C55H68N8O9S/c1-35(2)42-6-4-5-7-43(42)49-33-71-25-23-61(49)40-29-55(30-40)18-21-60(22-19-55)39-8-10-44(46(27-39)62-32-38-15-24-70-34-50(38)72-53-48(62)26-37-14-20-56-51(37)58-53)52(64)59-73(68,69)41-9-11-45(47(28-41)63(66)67)57-31-36-12-16-54(3,65)17-13-36/h4-11,14,20,26-28,35-36,38,40,49-50,57,65H,12-13,15-19,21-25,29-34H2,1-3H3,(H,56,58)(H,59,64)/t36-,38-,49+,50+,54-/m1/s1. The molecule has 2 aromatic heterocycles. The first-order valence-electron chi connectivity index (χ1n) is 26.3. The lowest BCUT2D eigenvalue weighted by Crippen LogP contribution is -2.58. The maximum atomic E-state index is 14.7. The van der Waals surface area contributed by atoms with Crippen LogP contribution in [0.4, 0.5) is 28.4 Å². The number of morpholine rings is 1. The topological polar surface area (TPSA) is 205 Å². The SMILES string of the molecule is CC(C)c1ccccc1[C@@H]1COCCN1C1CC2(CCN(c3ccc(C(=O)NS(=O)(=O)c4ccc(NC[C@H]5CC[C@](C)(O)CC5)c([N+](=O)[O-])c4)c(N4C[C@H]5CCOC[C@@H]5Oc5nc6[nH]ccc6cc54)c3)CC2)C1. The number of carbonyl (C=O) groups excluding carboxylic acids is 1. The van der Waals surface area contributed by atoms with Gasteiger partial charge in [-0.3, -0.25) is 19.8 Å². The fourth-order valence-electron chi connectivity index (χ4n) is 12.6. The highest BCUT2D eigenvalue weighted by Crippen LogP contribution is 2.54. The Morgan fingerprint density at radius 1 is 0.945 bits per heavy atom. The molecule has 0 bridgehead atoms. The molecule has 18 heteroatoms. The Hall–Kier alpha value is -5.79. The number of aromatic nitrogens is 2. The van der Waals surface area contributed by atoms with Crippen LogP contribution in [-0.4, -0.2) is 116 Å². The first-order valence-corrected chi connectivity index (χ1v) is 27.7. The Morgan fingerprint density at radius 2 is 1.73 bits per heavy atom. The molecule has 388 valence electrons. The second-order valence-corrected chi connectivity index (χ2v) is 23.9. The lowest BCUT2D eigenvalue weighted by atomic mass is 9.59. The molecule has 5 aromatic rings. The van der Waals surface area contributed by atoms with Crippen LogP contribution in [0.2, 0.25) is 0 Å². The molecular formula is C55H68N8O9S. The van der Waals surface area contributed by atoms with Crippen LogP contribution in [0, 0.1) is 27.4 Å². The van der Waals surface area contributed by atoms with Gasteiger partial charge in [0.25, 0.3) is 21.6 Å². The van der Waals surface area contributed by atoms with Gasteiger partial charge in [-0.05, 0) is 136 Å². The Balaban J connectivity index is 0.865. The Bertz CT molecular complexity index is 2970. The van der Waals surface area contributed by atoms with Crippen LogP contribution >= 0.6 is 0 Å². The predicted molar refractivity (Wildman–Crippen MR) is 279 cm³/mol. The minimum absolute atomic E-state index is 0.00317. The number of nitrogens with one attached hydrogen (secondary N) is 3. The van der Waals surface area contributed by atoms with Crippen LogP contribution < -0.4 is 24.6 Å². The number of benzene rings is 3. The van der Waals surface area contributed by atoms with Crippen molar-refractivity contribution in [2.24, 2.45) is 17.3 Å². The number of rotatable bonds is 12. The minimum atomic E-state index is -4.62. The van der Waals surface area contributed by atoms with Crippen LogP contribution in [0.15, 0.2) is 83.9 Å².